The Bertz CT molecular complexity index is 727. The summed E-state index contributed by atoms with van der Waals surface area (Å²) in [7, 11) is 3.13. The zero-order valence-electron chi connectivity index (χ0n) is 14.0. The summed E-state index contributed by atoms with van der Waals surface area (Å²) in [6.45, 7) is 6.26. The number of thiophene rings is 1. The predicted molar refractivity (Wildman–Crippen MR) is 90.0 cm³/mol. The molecule has 23 heavy (non-hydrogen) atoms. The molecule has 0 aliphatic heterocycles. The number of methoxy groups -OCH3 is 2. The van der Waals surface area contributed by atoms with Gasteiger partial charge in [0.15, 0.2) is 5.82 Å². The molecule has 8 heteroatoms. The van der Waals surface area contributed by atoms with Crippen molar-refractivity contribution in [3.05, 3.63) is 16.3 Å². The Kier molecular flexibility index (Phi) is 5.18. The molecule has 0 aliphatic rings. The van der Waals surface area contributed by atoms with Gasteiger partial charge in [-0.3, -0.25) is 4.79 Å². The standard InChI is InChI=1S/C15H22N4O3S/c1-8-10-13(22-5)17-9(6-21-4)18-14(10)23-11(8)12(20)19-15(2,3)7-16/h6-7,16H2,1-5H3,(H,19,20). The number of carbonyl (C=O) groups is 1. The van der Waals surface area contributed by atoms with Crippen LogP contribution in [0, 0.1) is 6.92 Å². The highest BCUT2D eigenvalue weighted by Crippen LogP contribution is 2.35. The molecule has 2 rings (SSSR count). The molecule has 7 nitrogen and oxygen atoms in total. The molecule has 0 fully saturated rings. The number of ether oxygens (including phenoxy) is 2. The van der Waals surface area contributed by atoms with Crippen LogP contribution in [0.2, 0.25) is 0 Å². The Hall–Kier alpha value is -1.77. The molecule has 2 heterocycles. The van der Waals surface area contributed by atoms with Crippen molar-refractivity contribution in [2.24, 2.45) is 5.73 Å². The van der Waals surface area contributed by atoms with E-state index in [2.05, 4.69) is 15.3 Å². The van der Waals surface area contributed by atoms with E-state index in [1.165, 1.54) is 11.3 Å². The molecular formula is C15H22N4O3S. The fraction of sp³-hybridized carbons (Fsp3) is 0.533. The van der Waals surface area contributed by atoms with Crippen LogP contribution in [0.3, 0.4) is 0 Å². The summed E-state index contributed by atoms with van der Waals surface area (Å²) in [6, 6.07) is 0. The summed E-state index contributed by atoms with van der Waals surface area (Å²) in [5.74, 6) is 0.802. The number of carbonyl (C=O) groups excluding carboxylic acids is 1. The zero-order valence-corrected chi connectivity index (χ0v) is 14.8. The molecule has 0 aromatic carbocycles. The van der Waals surface area contributed by atoms with Crippen molar-refractivity contribution in [3.8, 4) is 5.88 Å². The van der Waals surface area contributed by atoms with E-state index in [1.807, 2.05) is 20.8 Å². The third-order valence-electron chi connectivity index (χ3n) is 3.44. The smallest absolute Gasteiger partial charge is 0.262 e. The van der Waals surface area contributed by atoms with Gasteiger partial charge >= 0.3 is 0 Å². The van der Waals surface area contributed by atoms with Crippen molar-refractivity contribution in [1.82, 2.24) is 15.3 Å². The molecule has 0 unspecified atom stereocenters. The molecule has 0 radical (unpaired) electrons. The lowest BCUT2D eigenvalue weighted by molar-refractivity contribution is 0.0919. The summed E-state index contributed by atoms with van der Waals surface area (Å²) in [4.78, 5) is 22.6. The molecular weight excluding hydrogens is 316 g/mol. The van der Waals surface area contributed by atoms with Gasteiger partial charge in [-0.15, -0.1) is 11.3 Å². The topological polar surface area (TPSA) is 99.4 Å². The first-order valence-corrected chi connectivity index (χ1v) is 8.00. The van der Waals surface area contributed by atoms with Gasteiger partial charge in [-0.05, 0) is 26.3 Å². The first-order chi connectivity index (χ1) is 10.8. The number of fused-ring (bicyclic) bond motifs is 1. The molecule has 0 spiro atoms. The second-order valence-corrected chi connectivity index (χ2v) is 6.86. The molecule has 0 atom stereocenters. The molecule has 0 aliphatic carbocycles. The van der Waals surface area contributed by atoms with E-state index < -0.39 is 5.54 Å². The molecule has 0 saturated heterocycles. The summed E-state index contributed by atoms with van der Waals surface area (Å²) in [5.41, 5.74) is 6.00. The Balaban J connectivity index is 2.50. The SMILES string of the molecule is COCc1nc(OC)c2c(C)c(C(=O)NC(C)(C)CN)sc2n1. The number of hydrogen-bond acceptors (Lipinski definition) is 7. The van der Waals surface area contributed by atoms with Gasteiger partial charge < -0.3 is 20.5 Å². The lowest BCUT2D eigenvalue weighted by atomic mass is 10.1. The first-order valence-electron chi connectivity index (χ1n) is 7.18. The number of nitrogens with zero attached hydrogens (tertiary/aromatic N) is 2. The van der Waals surface area contributed by atoms with Crippen LogP contribution in [0.25, 0.3) is 10.2 Å². The summed E-state index contributed by atoms with van der Waals surface area (Å²) < 4.78 is 10.4. The highest BCUT2D eigenvalue weighted by molar-refractivity contribution is 7.20. The van der Waals surface area contributed by atoms with Gasteiger partial charge in [0.2, 0.25) is 5.88 Å². The fourth-order valence-corrected chi connectivity index (χ4v) is 3.20. The lowest BCUT2D eigenvalue weighted by Gasteiger charge is -2.23. The van der Waals surface area contributed by atoms with Gasteiger partial charge in [-0.1, -0.05) is 0 Å². The maximum Gasteiger partial charge on any atom is 0.262 e. The molecule has 0 bridgehead atoms. The van der Waals surface area contributed by atoms with Crippen molar-refractivity contribution in [2.75, 3.05) is 20.8 Å². The minimum atomic E-state index is -0.476. The average Bonchev–Trinajstić information content (AvgIpc) is 2.84. The van der Waals surface area contributed by atoms with Gasteiger partial charge in [0.25, 0.3) is 5.91 Å². The van der Waals surface area contributed by atoms with Crippen LogP contribution in [-0.2, 0) is 11.3 Å². The summed E-state index contributed by atoms with van der Waals surface area (Å²) in [6.07, 6.45) is 0. The molecule has 2 aromatic rings. The molecule has 3 N–H and O–H groups in total. The van der Waals surface area contributed by atoms with Crippen LogP contribution >= 0.6 is 11.3 Å². The second kappa shape index (κ2) is 6.77. The van der Waals surface area contributed by atoms with Crippen LogP contribution in [-0.4, -0.2) is 42.2 Å². The highest BCUT2D eigenvalue weighted by Gasteiger charge is 2.25. The van der Waals surface area contributed by atoms with Gasteiger partial charge in [-0.2, -0.15) is 4.98 Å². The number of nitrogens with one attached hydrogen (secondary N) is 1. The van der Waals surface area contributed by atoms with E-state index in [9.17, 15) is 4.79 Å². The third-order valence-corrected chi connectivity index (χ3v) is 4.62. The van der Waals surface area contributed by atoms with Gasteiger partial charge in [0.1, 0.15) is 11.4 Å². The number of nitrogens with two attached hydrogens (primary N) is 1. The second-order valence-electron chi connectivity index (χ2n) is 5.86. The molecule has 126 valence electrons. The van der Waals surface area contributed by atoms with Crippen molar-refractivity contribution >= 4 is 27.5 Å². The number of hydrogen-bond donors (Lipinski definition) is 2. The minimum Gasteiger partial charge on any atom is -0.480 e. The van der Waals surface area contributed by atoms with Crippen LogP contribution in [0.15, 0.2) is 0 Å². The molecule has 0 saturated carbocycles. The average molecular weight is 338 g/mol. The largest absolute Gasteiger partial charge is 0.480 e. The third kappa shape index (κ3) is 3.60. The summed E-state index contributed by atoms with van der Waals surface area (Å²) in [5, 5.41) is 3.69. The van der Waals surface area contributed by atoms with E-state index in [0.29, 0.717) is 28.0 Å². The summed E-state index contributed by atoms with van der Waals surface area (Å²) >= 11 is 1.31. The zero-order chi connectivity index (χ0) is 17.2. The number of rotatable bonds is 6. The Morgan fingerprint density at radius 3 is 2.61 bits per heavy atom. The Morgan fingerprint density at radius 2 is 2.04 bits per heavy atom. The maximum absolute atomic E-state index is 12.5. The quantitative estimate of drug-likeness (QED) is 0.830. The van der Waals surface area contributed by atoms with Crippen LogP contribution in [0.1, 0.15) is 34.9 Å². The van der Waals surface area contributed by atoms with E-state index in [4.69, 9.17) is 15.2 Å². The fourth-order valence-electron chi connectivity index (χ4n) is 2.12. The molecule has 1 amide bonds. The number of aryl methyl sites for hydroxylation is 1. The van der Waals surface area contributed by atoms with Crippen LogP contribution in [0.5, 0.6) is 5.88 Å². The van der Waals surface area contributed by atoms with E-state index in [-0.39, 0.29) is 12.5 Å². The van der Waals surface area contributed by atoms with E-state index in [0.717, 1.165) is 10.9 Å². The highest BCUT2D eigenvalue weighted by atomic mass is 32.1. The predicted octanol–water partition coefficient (Wildman–Crippen LogP) is 1.62. The van der Waals surface area contributed by atoms with Gasteiger partial charge in [0.05, 0.1) is 17.4 Å². The van der Waals surface area contributed by atoms with Gasteiger partial charge in [-0.25, -0.2) is 4.98 Å². The van der Waals surface area contributed by atoms with Crippen LogP contribution < -0.4 is 15.8 Å². The number of aromatic nitrogens is 2. The lowest BCUT2D eigenvalue weighted by Crippen LogP contribution is -2.48. The monoisotopic (exact) mass is 338 g/mol. The van der Waals surface area contributed by atoms with Crippen LogP contribution in [0.4, 0.5) is 0 Å². The Labute approximate surface area is 139 Å². The van der Waals surface area contributed by atoms with Crippen molar-refractivity contribution in [2.45, 2.75) is 32.9 Å². The first kappa shape index (κ1) is 17.6. The molecule has 2 aromatic heterocycles. The van der Waals surface area contributed by atoms with Crippen molar-refractivity contribution < 1.29 is 14.3 Å². The minimum absolute atomic E-state index is 0.170. The normalized spacial score (nSPS) is 11.7. The maximum atomic E-state index is 12.5. The number of amides is 1. The van der Waals surface area contributed by atoms with Gasteiger partial charge in [0, 0.05) is 19.2 Å². The van der Waals surface area contributed by atoms with Crippen molar-refractivity contribution in [1.29, 1.82) is 0 Å². The van der Waals surface area contributed by atoms with E-state index >= 15 is 0 Å². The van der Waals surface area contributed by atoms with E-state index in [1.54, 1.807) is 14.2 Å². The van der Waals surface area contributed by atoms with Crippen molar-refractivity contribution in [3.63, 3.8) is 0 Å². The Morgan fingerprint density at radius 1 is 1.35 bits per heavy atom.